The van der Waals surface area contributed by atoms with Crippen LogP contribution >= 0.6 is 11.3 Å². The third-order valence-electron chi connectivity index (χ3n) is 2.67. The Kier molecular flexibility index (Phi) is 4.66. The van der Waals surface area contributed by atoms with Crippen LogP contribution in [0.4, 0.5) is 10.1 Å². The van der Waals surface area contributed by atoms with Crippen molar-refractivity contribution >= 4 is 27.0 Å². The van der Waals surface area contributed by atoms with Crippen molar-refractivity contribution in [2.75, 3.05) is 6.54 Å². The lowest BCUT2D eigenvalue weighted by Crippen LogP contribution is -2.26. The molecule has 112 valence electrons. The van der Waals surface area contributed by atoms with Crippen molar-refractivity contribution in [1.82, 2.24) is 4.72 Å². The van der Waals surface area contributed by atoms with Crippen molar-refractivity contribution in [1.29, 1.82) is 0 Å². The van der Waals surface area contributed by atoms with E-state index in [9.17, 15) is 22.9 Å². The van der Waals surface area contributed by atoms with Gasteiger partial charge in [0.1, 0.15) is 0 Å². The van der Waals surface area contributed by atoms with Crippen molar-refractivity contribution in [3.05, 3.63) is 56.5 Å². The fourth-order valence-corrected chi connectivity index (χ4v) is 3.40. The molecule has 0 aliphatic carbocycles. The van der Waals surface area contributed by atoms with Crippen LogP contribution in [0.5, 0.6) is 0 Å². The van der Waals surface area contributed by atoms with Gasteiger partial charge in [-0.15, -0.1) is 11.3 Å². The maximum absolute atomic E-state index is 13.4. The van der Waals surface area contributed by atoms with Crippen LogP contribution in [-0.4, -0.2) is 19.9 Å². The van der Waals surface area contributed by atoms with Gasteiger partial charge in [0.15, 0.2) is 0 Å². The number of nitro benzene ring substituents is 1. The first-order valence-electron chi connectivity index (χ1n) is 5.86. The van der Waals surface area contributed by atoms with E-state index in [0.29, 0.717) is 12.5 Å². The van der Waals surface area contributed by atoms with E-state index in [1.54, 1.807) is 0 Å². The Labute approximate surface area is 124 Å². The zero-order chi connectivity index (χ0) is 15.5. The minimum atomic E-state index is -3.89. The van der Waals surface area contributed by atoms with E-state index in [4.69, 9.17) is 0 Å². The Balaban J connectivity index is 2.08. The third kappa shape index (κ3) is 3.84. The summed E-state index contributed by atoms with van der Waals surface area (Å²) in [6, 6.07) is 6.23. The Morgan fingerprint density at radius 1 is 1.33 bits per heavy atom. The van der Waals surface area contributed by atoms with Gasteiger partial charge in [-0.2, -0.15) is 4.39 Å². The summed E-state index contributed by atoms with van der Waals surface area (Å²) in [5.41, 5.74) is -0.757. The van der Waals surface area contributed by atoms with E-state index in [1.165, 1.54) is 11.3 Å². The molecule has 0 atom stereocenters. The monoisotopic (exact) mass is 330 g/mol. The van der Waals surface area contributed by atoms with Crippen molar-refractivity contribution < 1.29 is 17.7 Å². The number of nitrogens with zero attached hydrogens (tertiary/aromatic N) is 1. The Morgan fingerprint density at radius 2 is 2.10 bits per heavy atom. The highest BCUT2D eigenvalue weighted by molar-refractivity contribution is 7.89. The topological polar surface area (TPSA) is 89.3 Å². The lowest BCUT2D eigenvalue weighted by atomic mass is 10.3. The molecule has 0 saturated carbocycles. The molecule has 2 rings (SSSR count). The standard InChI is InChI=1S/C12H11FN2O4S2/c13-11-8-10(3-4-12(11)15(16)17)21(18,19)14-6-5-9-2-1-7-20-9/h1-4,7-8,14H,5-6H2. The molecule has 0 bridgehead atoms. The van der Waals surface area contributed by atoms with Crippen LogP contribution in [-0.2, 0) is 16.4 Å². The molecule has 0 amide bonds. The van der Waals surface area contributed by atoms with Gasteiger partial charge >= 0.3 is 5.69 Å². The summed E-state index contributed by atoms with van der Waals surface area (Å²) in [6.07, 6.45) is 0.520. The molecule has 0 saturated heterocycles. The van der Waals surface area contributed by atoms with Gasteiger partial charge in [0.2, 0.25) is 15.8 Å². The molecule has 9 heteroatoms. The number of nitrogens with one attached hydrogen (secondary N) is 1. The van der Waals surface area contributed by atoms with Crippen molar-refractivity contribution in [3.63, 3.8) is 0 Å². The molecule has 1 aromatic heterocycles. The van der Waals surface area contributed by atoms with E-state index < -0.39 is 26.5 Å². The first-order chi connectivity index (χ1) is 9.90. The van der Waals surface area contributed by atoms with Crippen LogP contribution in [0, 0.1) is 15.9 Å². The molecule has 0 radical (unpaired) electrons. The van der Waals surface area contributed by atoms with Crippen LogP contribution < -0.4 is 4.72 Å². The second kappa shape index (κ2) is 6.29. The third-order valence-corrected chi connectivity index (χ3v) is 5.06. The second-order valence-corrected chi connectivity index (χ2v) is 6.90. The summed E-state index contributed by atoms with van der Waals surface area (Å²) in [4.78, 5) is 10.3. The first-order valence-corrected chi connectivity index (χ1v) is 8.22. The lowest BCUT2D eigenvalue weighted by Gasteiger charge is -2.06. The Hall–Kier alpha value is -1.84. The van der Waals surface area contributed by atoms with Crippen LogP contribution in [0.2, 0.25) is 0 Å². The lowest BCUT2D eigenvalue weighted by molar-refractivity contribution is -0.387. The highest BCUT2D eigenvalue weighted by Gasteiger charge is 2.20. The van der Waals surface area contributed by atoms with Gasteiger partial charge < -0.3 is 0 Å². The second-order valence-electron chi connectivity index (χ2n) is 4.10. The molecule has 0 unspecified atom stereocenters. The molecule has 1 aromatic carbocycles. The van der Waals surface area contributed by atoms with Crippen LogP contribution in [0.25, 0.3) is 0 Å². The van der Waals surface area contributed by atoms with Crippen molar-refractivity contribution in [2.24, 2.45) is 0 Å². The number of halogens is 1. The van der Waals surface area contributed by atoms with Gasteiger partial charge in [-0.3, -0.25) is 10.1 Å². The van der Waals surface area contributed by atoms with E-state index in [1.807, 2.05) is 17.5 Å². The average molecular weight is 330 g/mol. The maximum Gasteiger partial charge on any atom is 0.304 e. The van der Waals surface area contributed by atoms with Gasteiger partial charge in [-0.05, 0) is 23.9 Å². The number of nitro groups is 1. The van der Waals surface area contributed by atoms with Crippen LogP contribution in [0.15, 0.2) is 40.6 Å². The highest BCUT2D eigenvalue weighted by atomic mass is 32.2. The molecule has 6 nitrogen and oxygen atoms in total. The normalized spacial score (nSPS) is 11.5. The molecule has 0 spiro atoms. The van der Waals surface area contributed by atoms with E-state index in [0.717, 1.165) is 17.0 Å². The average Bonchev–Trinajstić information content (AvgIpc) is 2.91. The maximum atomic E-state index is 13.4. The van der Waals surface area contributed by atoms with Crippen LogP contribution in [0.3, 0.4) is 0 Å². The van der Waals surface area contributed by atoms with Gasteiger partial charge in [0.05, 0.1) is 9.82 Å². The number of benzene rings is 1. The van der Waals surface area contributed by atoms with Crippen molar-refractivity contribution in [2.45, 2.75) is 11.3 Å². The number of hydrogen-bond donors (Lipinski definition) is 1. The summed E-state index contributed by atoms with van der Waals surface area (Å²) < 4.78 is 39.7. The molecule has 0 aliphatic heterocycles. The quantitative estimate of drug-likeness (QED) is 0.650. The predicted molar refractivity (Wildman–Crippen MR) is 76.3 cm³/mol. The summed E-state index contributed by atoms with van der Waals surface area (Å²) in [6.45, 7) is 0.168. The molecule has 1 heterocycles. The molecular formula is C12H11FN2O4S2. The van der Waals surface area contributed by atoms with Gasteiger partial charge in [-0.25, -0.2) is 13.1 Å². The summed E-state index contributed by atoms with van der Waals surface area (Å²) in [7, 11) is -3.89. The smallest absolute Gasteiger partial charge is 0.258 e. The molecule has 1 N–H and O–H groups in total. The molecular weight excluding hydrogens is 319 g/mol. The van der Waals surface area contributed by atoms with Gasteiger partial charge in [0, 0.05) is 23.6 Å². The molecule has 21 heavy (non-hydrogen) atoms. The largest absolute Gasteiger partial charge is 0.304 e. The predicted octanol–water partition coefficient (Wildman–Crippen LogP) is 2.32. The molecule has 0 fully saturated rings. The van der Waals surface area contributed by atoms with Crippen molar-refractivity contribution in [3.8, 4) is 0 Å². The zero-order valence-corrected chi connectivity index (χ0v) is 12.3. The Bertz CT molecular complexity index is 745. The fraction of sp³-hybridized carbons (Fsp3) is 0.167. The fourth-order valence-electron chi connectivity index (χ4n) is 1.65. The Morgan fingerprint density at radius 3 is 2.67 bits per heavy atom. The zero-order valence-electron chi connectivity index (χ0n) is 10.7. The SMILES string of the molecule is O=[N+]([O-])c1ccc(S(=O)(=O)NCCc2cccs2)cc1F. The summed E-state index contributed by atoms with van der Waals surface area (Å²) in [5.74, 6) is -1.18. The van der Waals surface area contributed by atoms with Gasteiger partial charge in [0.25, 0.3) is 0 Å². The number of hydrogen-bond acceptors (Lipinski definition) is 5. The van der Waals surface area contributed by atoms with Gasteiger partial charge in [-0.1, -0.05) is 6.07 Å². The van der Waals surface area contributed by atoms with E-state index >= 15 is 0 Å². The molecule has 0 aliphatic rings. The number of rotatable bonds is 6. The number of thiophene rings is 1. The minimum absolute atomic E-state index is 0.168. The summed E-state index contributed by atoms with van der Waals surface area (Å²) >= 11 is 1.51. The summed E-state index contributed by atoms with van der Waals surface area (Å²) in [5, 5.41) is 12.4. The van der Waals surface area contributed by atoms with E-state index in [2.05, 4.69) is 4.72 Å². The number of sulfonamides is 1. The molecule has 2 aromatic rings. The van der Waals surface area contributed by atoms with Crippen LogP contribution in [0.1, 0.15) is 4.88 Å². The van der Waals surface area contributed by atoms with E-state index in [-0.39, 0.29) is 11.4 Å². The first kappa shape index (κ1) is 15.5. The minimum Gasteiger partial charge on any atom is -0.258 e. The highest BCUT2D eigenvalue weighted by Crippen LogP contribution is 2.20.